The van der Waals surface area contributed by atoms with Crippen molar-refractivity contribution in [1.82, 2.24) is 0 Å². The first-order chi connectivity index (χ1) is 5.75. The molecular weight excluding hydrogens is 207 g/mol. The van der Waals surface area contributed by atoms with E-state index in [0.717, 1.165) is 0 Å². The molecular formula is C10H12KO3-. The summed E-state index contributed by atoms with van der Waals surface area (Å²) in [5.74, 6) is -0.598. The molecule has 0 radical (unpaired) electrons. The maximum Gasteiger partial charge on any atom is 1.00 e. The number of carboxylic acid groups (broad SMARTS) is 1. The number of hydrogen-bond acceptors (Lipinski definition) is 2. The van der Waals surface area contributed by atoms with Gasteiger partial charge >= 0.3 is 51.4 Å². The first kappa shape index (κ1) is 16.6. The fourth-order valence-electron chi connectivity index (χ4n) is 0.865. The zero-order valence-corrected chi connectivity index (χ0v) is 11.8. The fraction of sp³-hybridized carbons (Fsp3) is 0.200. The largest absolute Gasteiger partial charge is 1.00 e. The van der Waals surface area contributed by atoms with Crippen LogP contribution in [0.4, 0.5) is 0 Å². The predicted molar refractivity (Wildman–Crippen MR) is 49.8 cm³/mol. The topological polar surface area (TPSA) is 46.5 Å². The molecule has 0 saturated carbocycles. The Hall–Kier alpha value is 0.126. The van der Waals surface area contributed by atoms with Crippen LogP contribution in [0.3, 0.4) is 0 Å². The predicted octanol–water partition coefficient (Wildman–Crippen LogP) is -0.962. The normalized spacial score (nSPS) is 8.07. The summed E-state index contributed by atoms with van der Waals surface area (Å²) in [5, 5.41) is 8.69. The molecule has 14 heavy (non-hydrogen) atoms. The Morgan fingerprint density at radius 3 is 2.79 bits per heavy atom. The van der Waals surface area contributed by atoms with Gasteiger partial charge in [-0.3, -0.25) is 4.79 Å². The van der Waals surface area contributed by atoms with Gasteiger partial charge in [0.2, 0.25) is 0 Å². The molecule has 1 aromatic carbocycles. The molecule has 1 rings (SSSR count). The van der Waals surface area contributed by atoms with E-state index in [4.69, 9.17) is 9.84 Å². The van der Waals surface area contributed by atoms with Gasteiger partial charge in [-0.05, 0) is 12.5 Å². The van der Waals surface area contributed by atoms with Gasteiger partial charge in [0.25, 0.3) is 5.97 Å². The molecule has 0 heterocycles. The molecule has 1 aromatic rings. The molecule has 3 nitrogen and oxygen atoms in total. The van der Waals surface area contributed by atoms with Gasteiger partial charge in [0, 0.05) is 5.75 Å². The van der Waals surface area contributed by atoms with Gasteiger partial charge in [0.15, 0.2) is 0 Å². The standard InChI is InChI=1S/C9H9O3.CH3.K/c1-2-12-8-6-4-3-5-7(8)9(10)11;;/h4-6H,2H2,1H3,(H,10,11);1H3;/q2*-1;+1. The minimum atomic E-state index is -0.990. The zero-order chi connectivity index (χ0) is 8.97. The van der Waals surface area contributed by atoms with E-state index in [1.165, 1.54) is 6.07 Å². The van der Waals surface area contributed by atoms with Crippen molar-refractivity contribution in [3.63, 3.8) is 0 Å². The second-order valence-electron chi connectivity index (χ2n) is 2.16. The molecule has 4 heteroatoms. The van der Waals surface area contributed by atoms with Gasteiger partial charge in [-0.2, -0.15) is 18.2 Å². The van der Waals surface area contributed by atoms with Gasteiger partial charge in [0.1, 0.15) is 0 Å². The van der Waals surface area contributed by atoms with Crippen LogP contribution in [0, 0.1) is 13.5 Å². The number of hydrogen-bond donors (Lipinski definition) is 1. The van der Waals surface area contributed by atoms with Crippen molar-refractivity contribution >= 4 is 5.97 Å². The monoisotopic (exact) mass is 219 g/mol. The van der Waals surface area contributed by atoms with Gasteiger partial charge in [-0.25, -0.2) is 0 Å². The Morgan fingerprint density at radius 1 is 1.64 bits per heavy atom. The zero-order valence-electron chi connectivity index (χ0n) is 8.70. The Balaban J connectivity index is 0. The van der Waals surface area contributed by atoms with E-state index in [2.05, 4.69) is 6.07 Å². The van der Waals surface area contributed by atoms with E-state index in [1.807, 2.05) is 6.92 Å². The van der Waals surface area contributed by atoms with E-state index >= 15 is 0 Å². The third kappa shape index (κ3) is 4.57. The Morgan fingerprint density at radius 2 is 2.29 bits per heavy atom. The summed E-state index contributed by atoms with van der Waals surface area (Å²) >= 11 is 0. The average molecular weight is 219 g/mol. The van der Waals surface area contributed by atoms with Crippen molar-refractivity contribution in [3.8, 4) is 5.75 Å². The maximum absolute atomic E-state index is 10.6. The summed E-state index contributed by atoms with van der Waals surface area (Å²) < 4.78 is 5.10. The molecule has 0 aliphatic heterocycles. The average Bonchev–Trinajstić information content (AvgIpc) is 2.05. The summed E-state index contributed by atoms with van der Waals surface area (Å²) in [6.07, 6.45) is 0. The van der Waals surface area contributed by atoms with Crippen molar-refractivity contribution < 1.29 is 66.0 Å². The SMILES string of the molecule is CCOc1cc[c-]cc1C(=O)O.[CH3-].[K+]. The fourth-order valence-corrected chi connectivity index (χ4v) is 0.865. The van der Waals surface area contributed by atoms with Crippen LogP contribution in [0.2, 0.25) is 0 Å². The molecule has 1 N–H and O–H groups in total. The van der Waals surface area contributed by atoms with Crippen LogP contribution in [0.1, 0.15) is 17.3 Å². The second-order valence-corrected chi connectivity index (χ2v) is 2.16. The summed E-state index contributed by atoms with van der Waals surface area (Å²) in [7, 11) is 0. The van der Waals surface area contributed by atoms with E-state index < -0.39 is 5.97 Å². The summed E-state index contributed by atoms with van der Waals surface area (Å²) in [4.78, 5) is 10.6. The number of aromatic carboxylic acids is 1. The third-order valence-corrected chi connectivity index (χ3v) is 1.35. The van der Waals surface area contributed by atoms with Crippen molar-refractivity contribution in [2.45, 2.75) is 6.92 Å². The number of ether oxygens (including phenoxy) is 1. The van der Waals surface area contributed by atoms with Gasteiger partial charge in [0.05, 0.1) is 6.61 Å². The third-order valence-electron chi connectivity index (χ3n) is 1.35. The molecule has 0 aliphatic carbocycles. The Labute approximate surface area is 127 Å². The van der Waals surface area contributed by atoms with Crippen LogP contribution in [0.5, 0.6) is 5.75 Å². The van der Waals surface area contributed by atoms with Crippen LogP contribution in [0.15, 0.2) is 18.2 Å². The second kappa shape index (κ2) is 8.44. The summed E-state index contributed by atoms with van der Waals surface area (Å²) in [5.41, 5.74) is 0.152. The quantitative estimate of drug-likeness (QED) is 0.526. The van der Waals surface area contributed by atoms with Crippen LogP contribution in [-0.4, -0.2) is 17.7 Å². The minimum absolute atomic E-state index is 0. The van der Waals surface area contributed by atoms with E-state index in [1.54, 1.807) is 12.1 Å². The van der Waals surface area contributed by atoms with E-state index in [0.29, 0.717) is 12.4 Å². The van der Waals surface area contributed by atoms with Crippen LogP contribution in [0.25, 0.3) is 0 Å². The van der Waals surface area contributed by atoms with E-state index in [9.17, 15) is 4.79 Å². The van der Waals surface area contributed by atoms with Crippen molar-refractivity contribution in [2.75, 3.05) is 6.61 Å². The number of carboxylic acids is 1. The maximum atomic E-state index is 10.6. The molecule has 0 amide bonds. The van der Waals surface area contributed by atoms with Crippen molar-refractivity contribution in [2.24, 2.45) is 0 Å². The van der Waals surface area contributed by atoms with Crippen LogP contribution < -0.4 is 56.1 Å². The van der Waals surface area contributed by atoms with Crippen molar-refractivity contribution in [1.29, 1.82) is 0 Å². The smallest absolute Gasteiger partial charge is 0.518 e. The molecule has 72 valence electrons. The molecule has 0 bridgehead atoms. The molecule has 0 fully saturated rings. The molecule has 0 spiro atoms. The van der Waals surface area contributed by atoms with Crippen LogP contribution >= 0.6 is 0 Å². The van der Waals surface area contributed by atoms with Gasteiger partial charge in [-0.15, -0.1) is 6.07 Å². The molecule has 0 atom stereocenters. The van der Waals surface area contributed by atoms with E-state index in [-0.39, 0.29) is 64.4 Å². The molecule has 0 aromatic heterocycles. The Kier molecular flexibility index (Phi) is 9.97. The van der Waals surface area contributed by atoms with Gasteiger partial charge < -0.3 is 17.3 Å². The molecule has 0 aliphatic rings. The van der Waals surface area contributed by atoms with Gasteiger partial charge in [-0.1, -0.05) is 0 Å². The Bertz CT molecular complexity index is 286. The minimum Gasteiger partial charge on any atom is -0.518 e. The number of carbonyl (C=O) groups is 1. The number of rotatable bonds is 3. The van der Waals surface area contributed by atoms with Crippen molar-refractivity contribution in [3.05, 3.63) is 37.3 Å². The molecule has 0 saturated heterocycles. The first-order valence-corrected chi connectivity index (χ1v) is 3.62. The summed E-state index contributed by atoms with van der Waals surface area (Å²) in [6, 6.07) is 7.29. The molecule has 0 unspecified atom stereocenters. The summed E-state index contributed by atoms with van der Waals surface area (Å²) in [6.45, 7) is 2.27. The van der Waals surface area contributed by atoms with Crippen LogP contribution in [-0.2, 0) is 0 Å². The number of benzene rings is 1. The first-order valence-electron chi connectivity index (χ1n) is 3.62.